The van der Waals surface area contributed by atoms with Crippen LogP contribution in [-0.4, -0.2) is 132 Å². The fourth-order valence-electron chi connectivity index (χ4n) is 8.06. The quantitative estimate of drug-likeness (QED) is 0.0692. The summed E-state index contributed by atoms with van der Waals surface area (Å²) >= 11 is 0. The first-order valence-corrected chi connectivity index (χ1v) is 24.5. The maximum Gasteiger partial charge on any atom is 0.410 e. The molecule has 2 aliphatic heterocycles. The van der Waals surface area contributed by atoms with Gasteiger partial charge < -0.3 is 39.3 Å². The minimum absolute atomic E-state index is 0.0162. The fraction of sp³-hybridized carbons (Fsp3) is 0.562. The summed E-state index contributed by atoms with van der Waals surface area (Å²) in [5.74, 6) is -0.170. The average Bonchev–Trinajstić information content (AvgIpc) is 4.07. The SMILES string of the molecule is CCCCC/C=C\CCC(NC(=O)[C@@H]1CC(Oc2cc(-c3ccccc3)nc3cc(OC)ccc23)CN1C(=O)CCC(=O)N1CCN(C(=O)OC(C)(C)C)CC1)C(O)NS(=O)(=O)C1CC1. The molecular formula is C48H66N6O10S. The van der Waals surface area contributed by atoms with Gasteiger partial charge in [-0.3, -0.25) is 14.4 Å². The standard InChI is InChI=1S/C48H66N6O10S/c1-6-7-8-9-10-11-15-18-38(45(57)51-65(60,61)36-20-21-36)50-46(58)41-30-35(63-42-31-39(33-16-13-12-14-17-33)49-40-29-34(62-5)19-22-37(40)42)32-54(41)44(56)24-23-43(55)52-25-27-53(28-26-52)47(59)64-48(2,3)4/h10-14,16-17,19,22,29,31,35-36,38,41,45,51,57H,6-9,15,18,20-21,23-28,30,32H2,1-5H3,(H,50,58)/b11-10-/t35?,38?,41-,45?/m0/s1. The summed E-state index contributed by atoms with van der Waals surface area (Å²) in [6.45, 7) is 8.69. The highest BCUT2D eigenvalue weighted by molar-refractivity contribution is 7.90. The molecular weight excluding hydrogens is 853 g/mol. The van der Waals surface area contributed by atoms with E-state index in [9.17, 15) is 32.7 Å². The lowest BCUT2D eigenvalue weighted by atomic mass is 10.1. The molecule has 3 aromatic rings. The van der Waals surface area contributed by atoms with Gasteiger partial charge in [-0.2, -0.15) is 4.72 Å². The highest BCUT2D eigenvalue weighted by atomic mass is 32.2. The van der Waals surface area contributed by atoms with E-state index in [0.29, 0.717) is 60.4 Å². The van der Waals surface area contributed by atoms with E-state index in [-0.39, 0.29) is 51.2 Å². The van der Waals surface area contributed by atoms with E-state index in [1.165, 1.54) is 4.90 Å². The molecule has 0 radical (unpaired) electrons. The number of aromatic nitrogens is 1. The minimum Gasteiger partial charge on any atom is -0.497 e. The van der Waals surface area contributed by atoms with Crippen LogP contribution in [0.1, 0.15) is 98.3 Å². The first-order valence-electron chi connectivity index (χ1n) is 23.0. The molecule has 0 spiro atoms. The third-order valence-electron chi connectivity index (χ3n) is 11.8. The number of fused-ring (bicyclic) bond motifs is 1. The Bertz CT molecular complexity index is 2260. The molecule has 17 heteroatoms. The van der Waals surface area contributed by atoms with Crippen molar-refractivity contribution in [3.63, 3.8) is 0 Å². The van der Waals surface area contributed by atoms with Crippen LogP contribution in [0.3, 0.4) is 0 Å². The van der Waals surface area contributed by atoms with Gasteiger partial charge in [0, 0.05) is 68.5 Å². The van der Waals surface area contributed by atoms with Crippen molar-refractivity contribution in [3.05, 3.63) is 66.7 Å². The van der Waals surface area contributed by atoms with Crippen LogP contribution in [-0.2, 0) is 29.1 Å². The normalized spacial score (nSPS) is 19.0. The highest BCUT2D eigenvalue weighted by Gasteiger charge is 2.43. The number of sulfonamides is 1. The van der Waals surface area contributed by atoms with Crippen LogP contribution >= 0.6 is 0 Å². The Kier molecular flexibility index (Phi) is 16.9. The van der Waals surface area contributed by atoms with E-state index < -0.39 is 63.2 Å². The molecule has 2 saturated heterocycles. The molecule has 3 fully saturated rings. The average molecular weight is 919 g/mol. The predicted molar refractivity (Wildman–Crippen MR) is 247 cm³/mol. The van der Waals surface area contributed by atoms with Crippen LogP contribution in [0.2, 0.25) is 0 Å². The fourth-order valence-corrected chi connectivity index (χ4v) is 9.51. The van der Waals surface area contributed by atoms with Gasteiger partial charge in [0.15, 0.2) is 0 Å². The summed E-state index contributed by atoms with van der Waals surface area (Å²) in [5.41, 5.74) is 1.48. The number of allylic oxidation sites excluding steroid dienone is 2. The maximum absolute atomic E-state index is 14.5. The monoisotopic (exact) mass is 918 g/mol. The van der Waals surface area contributed by atoms with Crippen LogP contribution in [0.15, 0.2) is 66.7 Å². The van der Waals surface area contributed by atoms with Gasteiger partial charge >= 0.3 is 6.09 Å². The number of aliphatic hydroxyl groups is 1. The molecule has 1 saturated carbocycles. The summed E-state index contributed by atoms with van der Waals surface area (Å²) in [6, 6.07) is 14.8. The third kappa shape index (κ3) is 13.9. The number of ether oxygens (including phenoxy) is 3. The van der Waals surface area contributed by atoms with Crippen molar-refractivity contribution in [2.45, 2.75) is 134 Å². The van der Waals surface area contributed by atoms with E-state index in [4.69, 9.17) is 19.2 Å². The number of rotatable bonds is 20. The van der Waals surface area contributed by atoms with E-state index in [2.05, 4.69) is 23.0 Å². The molecule has 4 atom stereocenters. The second-order valence-electron chi connectivity index (χ2n) is 18.1. The number of unbranched alkanes of at least 4 members (excludes halogenated alkanes) is 3. The number of amides is 4. The van der Waals surface area contributed by atoms with Gasteiger partial charge in [-0.15, -0.1) is 0 Å². The van der Waals surface area contributed by atoms with Crippen LogP contribution in [0.25, 0.3) is 22.2 Å². The molecule has 65 heavy (non-hydrogen) atoms. The Morgan fingerprint density at radius 1 is 0.923 bits per heavy atom. The Balaban J connectivity index is 1.21. The molecule has 16 nitrogen and oxygen atoms in total. The lowest BCUT2D eigenvalue weighted by Gasteiger charge is -2.35. The summed E-state index contributed by atoms with van der Waals surface area (Å²) < 4.78 is 45.9. The number of nitrogens with one attached hydrogen (secondary N) is 2. The lowest BCUT2D eigenvalue weighted by Crippen LogP contribution is -2.56. The molecule has 1 aliphatic carbocycles. The van der Waals surface area contributed by atoms with Crippen LogP contribution in [0.4, 0.5) is 4.79 Å². The van der Waals surface area contributed by atoms with E-state index in [0.717, 1.165) is 31.2 Å². The molecule has 3 N–H and O–H groups in total. The Labute approximate surface area is 383 Å². The maximum atomic E-state index is 14.5. The van der Waals surface area contributed by atoms with Gasteiger partial charge in [0.25, 0.3) is 0 Å². The van der Waals surface area contributed by atoms with Gasteiger partial charge in [-0.1, -0.05) is 62.2 Å². The number of benzene rings is 2. The predicted octanol–water partition coefficient (Wildman–Crippen LogP) is 5.92. The molecule has 354 valence electrons. The molecule has 3 aliphatic rings. The zero-order valence-electron chi connectivity index (χ0n) is 38.4. The van der Waals surface area contributed by atoms with E-state index in [1.54, 1.807) is 43.7 Å². The zero-order valence-corrected chi connectivity index (χ0v) is 39.2. The largest absolute Gasteiger partial charge is 0.497 e. The molecule has 4 amide bonds. The van der Waals surface area contributed by atoms with Crippen molar-refractivity contribution in [3.8, 4) is 22.8 Å². The van der Waals surface area contributed by atoms with Crippen LogP contribution in [0, 0.1) is 0 Å². The Morgan fingerprint density at radius 2 is 1.62 bits per heavy atom. The lowest BCUT2D eigenvalue weighted by molar-refractivity contribution is -0.141. The van der Waals surface area contributed by atoms with Gasteiger partial charge in [-0.25, -0.2) is 18.2 Å². The highest BCUT2D eigenvalue weighted by Crippen LogP contribution is 2.35. The molecule has 2 aromatic carbocycles. The molecule has 0 bridgehead atoms. The number of methoxy groups -OCH3 is 1. The van der Waals surface area contributed by atoms with Gasteiger partial charge in [0.05, 0.1) is 36.2 Å². The number of aliphatic hydroxyl groups excluding tert-OH is 1. The summed E-state index contributed by atoms with van der Waals surface area (Å²) in [4.78, 5) is 64.3. The number of carbonyl (C=O) groups excluding carboxylic acids is 4. The number of piperazine rings is 1. The van der Waals surface area contributed by atoms with Crippen molar-refractivity contribution < 1.29 is 46.9 Å². The smallest absolute Gasteiger partial charge is 0.410 e. The van der Waals surface area contributed by atoms with Crippen LogP contribution in [0.5, 0.6) is 11.5 Å². The second-order valence-corrected chi connectivity index (χ2v) is 20.1. The first kappa shape index (κ1) is 49.2. The summed E-state index contributed by atoms with van der Waals surface area (Å²) in [7, 11) is -2.24. The van der Waals surface area contributed by atoms with Crippen molar-refractivity contribution in [1.82, 2.24) is 29.7 Å². The number of likely N-dealkylation sites (tertiary alicyclic amines) is 1. The number of hydrogen-bond acceptors (Lipinski definition) is 11. The molecule has 1 aromatic heterocycles. The summed E-state index contributed by atoms with van der Waals surface area (Å²) in [5, 5.41) is 14.3. The second kappa shape index (κ2) is 22.3. The molecule has 3 unspecified atom stereocenters. The van der Waals surface area contributed by atoms with Crippen molar-refractivity contribution in [2.75, 3.05) is 39.8 Å². The molecule has 3 heterocycles. The van der Waals surface area contributed by atoms with Crippen LogP contribution < -0.4 is 19.5 Å². The topological polar surface area (TPSA) is 197 Å². The molecule has 6 rings (SSSR count). The van der Waals surface area contributed by atoms with E-state index >= 15 is 0 Å². The number of pyridine rings is 1. The van der Waals surface area contributed by atoms with Crippen molar-refractivity contribution in [2.24, 2.45) is 0 Å². The zero-order chi connectivity index (χ0) is 46.7. The number of carbonyl (C=O) groups is 4. The first-order chi connectivity index (χ1) is 31.0. The number of nitrogens with zero attached hydrogens (tertiary/aromatic N) is 4. The van der Waals surface area contributed by atoms with Crippen molar-refractivity contribution >= 4 is 44.7 Å². The minimum atomic E-state index is -3.81. The van der Waals surface area contributed by atoms with Gasteiger partial charge in [0.2, 0.25) is 27.7 Å². The van der Waals surface area contributed by atoms with Gasteiger partial charge in [-0.05, 0) is 71.4 Å². The Hall–Kier alpha value is -5.26. The Morgan fingerprint density at radius 3 is 2.29 bits per heavy atom. The van der Waals surface area contributed by atoms with Gasteiger partial charge in [0.1, 0.15) is 35.5 Å². The number of hydrogen-bond donors (Lipinski definition) is 3. The van der Waals surface area contributed by atoms with Crippen molar-refractivity contribution in [1.29, 1.82) is 0 Å². The third-order valence-corrected chi connectivity index (χ3v) is 13.7. The summed E-state index contributed by atoms with van der Waals surface area (Å²) in [6.07, 6.45) is 6.89. The van der Waals surface area contributed by atoms with E-state index in [1.807, 2.05) is 54.6 Å².